The van der Waals surface area contributed by atoms with E-state index in [1.54, 1.807) is 0 Å². The molecule has 21 heavy (non-hydrogen) atoms. The molecule has 1 aromatic heterocycles. The highest BCUT2D eigenvalue weighted by Gasteiger charge is 2.20. The van der Waals surface area contributed by atoms with Crippen molar-refractivity contribution in [3.05, 3.63) is 57.0 Å². The second-order valence-electron chi connectivity index (χ2n) is 4.71. The molecule has 0 amide bonds. The van der Waals surface area contributed by atoms with Gasteiger partial charge in [-0.3, -0.25) is 0 Å². The minimum Gasteiger partial charge on any atom is -0.367 e. The molecule has 0 spiro atoms. The smallest absolute Gasteiger partial charge is 0.230 e. The largest absolute Gasteiger partial charge is 0.367 e. The highest BCUT2D eigenvalue weighted by atomic mass is 79.9. The minimum absolute atomic E-state index is 0.325. The molecule has 0 saturated heterocycles. The third-order valence-corrected chi connectivity index (χ3v) is 4.50. The van der Waals surface area contributed by atoms with Crippen LogP contribution in [0, 0.1) is 6.92 Å². The number of nitrogens with two attached hydrogens (primary N) is 1. The average Bonchev–Trinajstić information content (AvgIpc) is 2.84. The molecule has 0 atom stereocenters. The van der Waals surface area contributed by atoms with Crippen molar-refractivity contribution < 1.29 is 4.52 Å². The molecule has 0 bridgehead atoms. The van der Waals surface area contributed by atoms with Crippen LogP contribution in [0.5, 0.6) is 0 Å². The Kier molecular flexibility index (Phi) is 3.87. The van der Waals surface area contributed by atoms with E-state index in [1.165, 1.54) is 0 Å². The first-order chi connectivity index (χ1) is 10.1. The van der Waals surface area contributed by atoms with Crippen molar-refractivity contribution in [3.8, 4) is 22.4 Å². The van der Waals surface area contributed by atoms with Gasteiger partial charge in [-0.05, 0) is 36.2 Å². The maximum absolute atomic E-state index is 6.01. The molecule has 1 heterocycles. The van der Waals surface area contributed by atoms with Crippen LogP contribution in [0.2, 0.25) is 0 Å². The number of nitrogens with zero attached hydrogens (tertiary/aromatic N) is 1. The summed E-state index contributed by atoms with van der Waals surface area (Å²) in [6.07, 6.45) is 0. The van der Waals surface area contributed by atoms with E-state index in [0.717, 1.165) is 36.9 Å². The fourth-order valence-electron chi connectivity index (χ4n) is 2.28. The highest BCUT2D eigenvalue weighted by Crippen LogP contribution is 2.40. The van der Waals surface area contributed by atoms with Gasteiger partial charge in [-0.2, -0.15) is 0 Å². The number of hydrogen-bond donors (Lipinski definition) is 1. The first-order valence-electron chi connectivity index (χ1n) is 6.34. The van der Waals surface area contributed by atoms with Crippen LogP contribution in [-0.2, 0) is 0 Å². The molecule has 0 unspecified atom stereocenters. The molecule has 0 aliphatic rings. The van der Waals surface area contributed by atoms with Crippen molar-refractivity contribution in [1.29, 1.82) is 0 Å². The van der Waals surface area contributed by atoms with Gasteiger partial charge < -0.3 is 10.3 Å². The summed E-state index contributed by atoms with van der Waals surface area (Å²) in [7, 11) is 0. The molecule has 5 heteroatoms. The van der Waals surface area contributed by atoms with Crippen LogP contribution >= 0.6 is 31.9 Å². The van der Waals surface area contributed by atoms with Gasteiger partial charge in [-0.1, -0.05) is 61.3 Å². The van der Waals surface area contributed by atoms with Crippen molar-refractivity contribution in [2.45, 2.75) is 6.92 Å². The lowest BCUT2D eigenvalue weighted by Crippen LogP contribution is -1.90. The summed E-state index contributed by atoms with van der Waals surface area (Å²) in [6.45, 7) is 2.04. The molecule has 0 fully saturated rings. The van der Waals surface area contributed by atoms with E-state index in [4.69, 9.17) is 10.3 Å². The zero-order valence-corrected chi connectivity index (χ0v) is 14.4. The molecule has 3 aromatic rings. The summed E-state index contributed by atoms with van der Waals surface area (Å²) in [6, 6.07) is 14.0. The Morgan fingerprint density at radius 1 is 1.05 bits per heavy atom. The van der Waals surface area contributed by atoms with Gasteiger partial charge in [0, 0.05) is 14.5 Å². The van der Waals surface area contributed by atoms with Gasteiger partial charge in [0.1, 0.15) is 5.69 Å². The van der Waals surface area contributed by atoms with Gasteiger partial charge in [0.15, 0.2) is 0 Å². The van der Waals surface area contributed by atoms with E-state index in [0.29, 0.717) is 5.88 Å². The molecular formula is C16H12Br2N2O. The molecule has 2 N–H and O–H groups in total. The van der Waals surface area contributed by atoms with Crippen LogP contribution in [0.1, 0.15) is 5.56 Å². The highest BCUT2D eigenvalue weighted by molar-refractivity contribution is 9.11. The number of rotatable bonds is 2. The van der Waals surface area contributed by atoms with Crippen molar-refractivity contribution in [3.63, 3.8) is 0 Å². The van der Waals surface area contributed by atoms with Crippen LogP contribution in [0.4, 0.5) is 5.88 Å². The quantitative estimate of drug-likeness (QED) is 0.616. The molecule has 2 aromatic carbocycles. The summed E-state index contributed by atoms with van der Waals surface area (Å²) < 4.78 is 7.16. The minimum atomic E-state index is 0.325. The van der Waals surface area contributed by atoms with Crippen LogP contribution in [0.3, 0.4) is 0 Å². The lowest BCUT2D eigenvalue weighted by Gasteiger charge is -2.08. The first kappa shape index (κ1) is 14.4. The zero-order valence-electron chi connectivity index (χ0n) is 11.2. The Balaban J connectivity index is 2.27. The average molecular weight is 408 g/mol. The number of aromatic nitrogens is 1. The summed E-state index contributed by atoms with van der Waals surface area (Å²) in [5.74, 6) is 0.325. The lowest BCUT2D eigenvalue weighted by molar-refractivity contribution is 0.439. The summed E-state index contributed by atoms with van der Waals surface area (Å²) in [5.41, 5.74) is 10.7. The Hall–Kier alpha value is -1.59. The number of aryl methyl sites for hydroxylation is 1. The lowest BCUT2D eigenvalue weighted by atomic mass is 9.97. The standard InChI is InChI=1S/C16H12Br2N2O/c1-9-4-2-3-5-11(9)14-15(20-21-16(14)19)12-8-10(17)6-7-13(12)18/h2-8H,19H2,1H3. The van der Waals surface area contributed by atoms with E-state index in [9.17, 15) is 0 Å². The van der Waals surface area contributed by atoms with Crippen LogP contribution in [0.15, 0.2) is 55.9 Å². The van der Waals surface area contributed by atoms with Gasteiger partial charge in [0.25, 0.3) is 0 Å². The van der Waals surface area contributed by atoms with Crippen LogP contribution < -0.4 is 5.73 Å². The van der Waals surface area contributed by atoms with E-state index in [1.807, 2.05) is 49.4 Å². The topological polar surface area (TPSA) is 52.0 Å². The zero-order chi connectivity index (χ0) is 15.0. The number of benzene rings is 2. The molecular weight excluding hydrogens is 396 g/mol. The SMILES string of the molecule is Cc1ccccc1-c1c(-c2cc(Br)ccc2Br)noc1N. The third kappa shape index (κ3) is 2.63. The van der Waals surface area contributed by atoms with Crippen molar-refractivity contribution in [1.82, 2.24) is 5.16 Å². The van der Waals surface area contributed by atoms with Crippen LogP contribution in [-0.4, -0.2) is 5.16 Å². The second-order valence-corrected chi connectivity index (χ2v) is 6.48. The Labute approximate surface area is 139 Å². The van der Waals surface area contributed by atoms with Gasteiger partial charge in [-0.25, -0.2) is 0 Å². The fourth-order valence-corrected chi connectivity index (χ4v) is 3.07. The Morgan fingerprint density at radius 2 is 1.81 bits per heavy atom. The second kappa shape index (κ2) is 5.66. The van der Waals surface area contributed by atoms with E-state index in [-0.39, 0.29) is 0 Å². The molecule has 3 nitrogen and oxygen atoms in total. The maximum Gasteiger partial charge on any atom is 0.230 e. The van der Waals surface area contributed by atoms with Crippen molar-refractivity contribution >= 4 is 37.7 Å². The summed E-state index contributed by atoms with van der Waals surface area (Å²) in [4.78, 5) is 0. The summed E-state index contributed by atoms with van der Waals surface area (Å²) in [5, 5.41) is 4.15. The predicted molar refractivity (Wildman–Crippen MR) is 91.9 cm³/mol. The third-order valence-electron chi connectivity index (χ3n) is 3.32. The predicted octanol–water partition coefficient (Wildman–Crippen LogP) is 5.42. The molecule has 0 aliphatic heterocycles. The molecule has 3 rings (SSSR count). The first-order valence-corrected chi connectivity index (χ1v) is 7.93. The monoisotopic (exact) mass is 406 g/mol. The molecule has 0 aliphatic carbocycles. The number of hydrogen-bond acceptors (Lipinski definition) is 3. The number of anilines is 1. The van der Waals surface area contributed by atoms with E-state index < -0.39 is 0 Å². The van der Waals surface area contributed by atoms with Crippen molar-refractivity contribution in [2.24, 2.45) is 0 Å². The maximum atomic E-state index is 6.01. The Bertz CT molecular complexity index is 812. The fraction of sp³-hybridized carbons (Fsp3) is 0.0625. The van der Waals surface area contributed by atoms with Crippen molar-refractivity contribution in [2.75, 3.05) is 5.73 Å². The summed E-state index contributed by atoms with van der Waals surface area (Å²) >= 11 is 7.04. The van der Waals surface area contributed by atoms with E-state index >= 15 is 0 Å². The number of nitrogen functional groups attached to an aromatic ring is 1. The van der Waals surface area contributed by atoms with Gasteiger partial charge >= 0.3 is 0 Å². The Morgan fingerprint density at radius 3 is 2.57 bits per heavy atom. The van der Waals surface area contributed by atoms with Gasteiger partial charge in [0.05, 0.1) is 5.56 Å². The van der Waals surface area contributed by atoms with Gasteiger partial charge in [0.2, 0.25) is 5.88 Å². The van der Waals surface area contributed by atoms with Gasteiger partial charge in [-0.15, -0.1) is 0 Å². The van der Waals surface area contributed by atoms with E-state index in [2.05, 4.69) is 37.0 Å². The van der Waals surface area contributed by atoms with Crippen LogP contribution in [0.25, 0.3) is 22.4 Å². The molecule has 106 valence electrons. The molecule has 0 radical (unpaired) electrons. The normalized spacial score (nSPS) is 10.8. The number of halogens is 2. The molecule has 0 saturated carbocycles.